The van der Waals surface area contributed by atoms with Crippen molar-refractivity contribution in [2.75, 3.05) is 0 Å². The van der Waals surface area contributed by atoms with Gasteiger partial charge in [0.05, 0.1) is 0 Å². The maximum atomic E-state index is 13.5. The highest BCUT2D eigenvalue weighted by Crippen LogP contribution is 2.32. The van der Waals surface area contributed by atoms with Crippen molar-refractivity contribution in [2.45, 2.75) is 6.92 Å². The first-order valence-corrected chi connectivity index (χ1v) is 6.24. The Morgan fingerprint density at radius 3 is 2.58 bits per heavy atom. The molecule has 1 N–H and O–H groups in total. The summed E-state index contributed by atoms with van der Waals surface area (Å²) in [6.45, 7) is 1.77. The van der Waals surface area contributed by atoms with Crippen molar-refractivity contribution in [3.8, 4) is 11.5 Å². The normalized spacial score (nSPS) is 10.3. The maximum Gasteiger partial charge on any atom is 0.339 e. The number of hydrogen-bond acceptors (Lipinski definition) is 2. The molecule has 0 saturated carbocycles. The summed E-state index contributed by atoms with van der Waals surface area (Å²) in [6.07, 6.45) is 0. The summed E-state index contributed by atoms with van der Waals surface area (Å²) in [7, 11) is 0. The van der Waals surface area contributed by atoms with Gasteiger partial charge in [0.1, 0.15) is 11.3 Å². The zero-order valence-corrected chi connectivity index (χ0v) is 11.6. The minimum atomic E-state index is -1.12. The topological polar surface area (TPSA) is 46.5 Å². The molecule has 2 rings (SSSR count). The van der Waals surface area contributed by atoms with Crippen molar-refractivity contribution in [2.24, 2.45) is 0 Å². The number of carboxylic acid groups (broad SMARTS) is 1. The Bertz CT molecular complexity index is 641. The van der Waals surface area contributed by atoms with E-state index >= 15 is 0 Å². The fraction of sp³-hybridized carbons (Fsp3) is 0.0714. The second kappa shape index (κ2) is 5.40. The van der Waals surface area contributed by atoms with Gasteiger partial charge in [-0.15, -0.1) is 0 Å². The lowest BCUT2D eigenvalue weighted by Gasteiger charge is -2.11. The van der Waals surface area contributed by atoms with Crippen LogP contribution in [-0.4, -0.2) is 11.1 Å². The summed E-state index contributed by atoms with van der Waals surface area (Å²) in [5.41, 5.74) is 0.752. The Morgan fingerprint density at radius 1 is 1.26 bits per heavy atom. The summed E-state index contributed by atoms with van der Waals surface area (Å²) in [6, 6.07) is 8.83. The highest BCUT2D eigenvalue weighted by Gasteiger charge is 2.15. The van der Waals surface area contributed by atoms with Crippen molar-refractivity contribution in [1.82, 2.24) is 0 Å². The number of rotatable bonds is 3. The fourth-order valence-electron chi connectivity index (χ4n) is 1.56. The van der Waals surface area contributed by atoms with Gasteiger partial charge in [-0.3, -0.25) is 0 Å². The van der Waals surface area contributed by atoms with E-state index in [1.807, 2.05) is 0 Å². The molecule has 2 aromatic rings. The number of benzene rings is 2. The molecule has 0 fully saturated rings. The van der Waals surface area contributed by atoms with Gasteiger partial charge in [-0.25, -0.2) is 9.18 Å². The zero-order valence-electron chi connectivity index (χ0n) is 9.98. The quantitative estimate of drug-likeness (QED) is 0.910. The van der Waals surface area contributed by atoms with E-state index in [-0.39, 0.29) is 17.1 Å². The number of aromatic carboxylic acids is 1. The minimum absolute atomic E-state index is 0.0102. The Kier molecular flexibility index (Phi) is 3.85. The number of carboxylic acids is 1. The average Bonchev–Trinajstić information content (AvgIpc) is 2.36. The molecule has 98 valence electrons. The number of para-hydroxylation sites is 1. The molecule has 0 aliphatic carbocycles. The third-order valence-electron chi connectivity index (χ3n) is 2.55. The smallest absolute Gasteiger partial charge is 0.339 e. The summed E-state index contributed by atoms with van der Waals surface area (Å²) >= 11 is 3.29. The van der Waals surface area contributed by atoms with E-state index in [0.29, 0.717) is 4.47 Å². The lowest BCUT2D eigenvalue weighted by Crippen LogP contribution is -2.01. The first kappa shape index (κ1) is 13.5. The van der Waals surface area contributed by atoms with Crippen LogP contribution in [0.1, 0.15) is 15.9 Å². The molecule has 0 heterocycles. The van der Waals surface area contributed by atoms with Gasteiger partial charge in [-0.1, -0.05) is 28.1 Å². The molecule has 0 atom stereocenters. The SMILES string of the molecule is Cc1cc(C(=O)O)c(Oc2ccccc2F)cc1Br. The molecule has 0 unspecified atom stereocenters. The van der Waals surface area contributed by atoms with Crippen molar-refractivity contribution in [1.29, 1.82) is 0 Å². The molecule has 19 heavy (non-hydrogen) atoms. The molecule has 0 bridgehead atoms. The van der Waals surface area contributed by atoms with Crippen LogP contribution in [0.15, 0.2) is 40.9 Å². The molecule has 0 spiro atoms. The lowest BCUT2D eigenvalue weighted by atomic mass is 10.1. The molecule has 5 heteroatoms. The molecule has 0 aromatic heterocycles. The molecular formula is C14H10BrFO3. The fourth-order valence-corrected chi connectivity index (χ4v) is 1.88. The van der Waals surface area contributed by atoms with Gasteiger partial charge >= 0.3 is 5.97 Å². The van der Waals surface area contributed by atoms with E-state index < -0.39 is 11.8 Å². The largest absolute Gasteiger partial charge is 0.478 e. The molecule has 0 aliphatic heterocycles. The Balaban J connectivity index is 2.48. The van der Waals surface area contributed by atoms with E-state index in [2.05, 4.69) is 15.9 Å². The number of aryl methyl sites for hydroxylation is 1. The van der Waals surface area contributed by atoms with Crippen LogP contribution in [0, 0.1) is 12.7 Å². The molecule has 2 aromatic carbocycles. The van der Waals surface area contributed by atoms with Gasteiger partial charge < -0.3 is 9.84 Å². The molecular weight excluding hydrogens is 315 g/mol. The van der Waals surface area contributed by atoms with Crippen LogP contribution in [0.2, 0.25) is 0 Å². The van der Waals surface area contributed by atoms with Crippen molar-refractivity contribution in [3.05, 3.63) is 57.8 Å². The number of hydrogen-bond donors (Lipinski definition) is 1. The lowest BCUT2D eigenvalue weighted by molar-refractivity contribution is 0.0694. The Morgan fingerprint density at radius 2 is 1.95 bits per heavy atom. The van der Waals surface area contributed by atoms with E-state index in [1.54, 1.807) is 13.0 Å². The first-order valence-electron chi connectivity index (χ1n) is 5.45. The number of carbonyl (C=O) groups is 1. The van der Waals surface area contributed by atoms with E-state index in [9.17, 15) is 9.18 Å². The molecule has 0 radical (unpaired) electrons. The van der Waals surface area contributed by atoms with Crippen molar-refractivity contribution < 1.29 is 19.0 Å². The van der Waals surface area contributed by atoms with Crippen LogP contribution < -0.4 is 4.74 Å². The molecule has 0 saturated heterocycles. The highest BCUT2D eigenvalue weighted by atomic mass is 79.9. The molecule has 3 nitrogen and oxygen atoms in total. The number of ether oxygens (including phenoxy) is 1. The second-order valence-electron chi connectivity index (χ2n) is 3.94. The van der Waals surface area contributed by atoms with Crippen LogP contribution in [-0.2, 0) is 0 Å². The monoisotopic (exact) mass is 324 g/mol. The standard InChI is InChI=1S/C14H10BrFO3/c1-8-6-9(14(17)18)13(7-10(8)15)19-12-5-3-2-4-11(12)16/h2-7H,1H3,(H,17,18). The third kappa shape index (κ3) is 2.93. The van der Waals surface area contributed by atoms with Crippen LogP contribution in [0.5, 0.6) is 11.5 Å². The van der Waals surface area contributed by atoms with Crippen molar-refractivity contribution >= 4 is 21.9 Å². The summed E-state index contributed by atoms with van der Waals surface area (Å²) in [4.78, 5) is 11.2. The Hall–Kier alpha value is -1.88. The van der Waals surface area contributed by atoms with Crippen LogP contribution in [0.4, 0.5) is 4.39 Å². The van der Waals surface area contributed by atoms with Gasteiger partial charge in [0.15, 0.2) is 11.6 Å². The Labute approximate surface area is 117 Å². The van der Waals surface area contributed by atoms with Crippen LogP contribution in [0.25, 0.3) is 0 Å². The van der Waals surface area contributed by atoms with Gasteiger partial charge in [-0.2, -0.15) is 0 Å². The predicted molar refractivity (Wildman–Crippen MR) is 72.3 cm³/mol. The predicted octanol–water partition coefficient (Wildman–Crippen LogP) is 4.39. The highest BCUT2D eigenvalue weighted by molar-refractivity contribution is 9.10. The van der Waals surface area contributed by atoms with E-state index in [0.717, 1.165) is 5.56 Å². The maximum absolute atomic E-state index is 13.5. The van der Waals surface area contributed by atoms with Crippen LogP contribution in [0.3, 0.4) is 0 Å². The van der Waals surface area contributed by atoms with Crippen molar-refractivity contribution in [3.63, 3.8) is 0 Å². The minimum Gasteiger partial charge on any atom is -0.478 e. The van der Waals surface area contributed by atoms with Gasteiger partial charge in [0.2, 0.25) is 0 Å². The van der Waals surface area contributed by atoms with Gasteiger partial charge in [0, 0.05) is 4.47 Å². The summed E-state index contributed by atoms with van der Waals surface area (Å²) in [5, 5.41) is 9.14. The van der Waals surface area contributed by atoms with Gasteiger partial charge in [-0.05, 0) is 36.8 Å². The average molecular weight is 325 g/mol. The van der Waals surface area contributed by atoms with Crippen LogP contribution >= 0.6 is 15.9 Å². The van der Waals surface area contributed by atoms with E-state index in [1.165, 1.54) is 30.3 Å². The number of halogens is 2. The van der Waals surface area contributed by atoms with Gasteiger partial charge in [0.25, 0.3) is 0 Å². The molecule has 0 amide bonds. The zero-order chi connectivity index (χ0) is 14.0. The van der Waals surface area contributed by atoms with E-state index in [4.69, 9.17) is 9.84 Å². The molecule has 0 aliphatic rings. The first-order chi connectivity index (χ1) is 8.99. The second-order valence-corrected chi connectivity index (χ2v) is 4.79. The third-order valence-corrected chi connectivity index (χ3v) is 3.40. The summed E-state index contributed by atoms with van der Waals surface area (Å²) < 4.78 is 19.6. The summed E-state index contributed by atoms with van der Waals surface area (Å²) in [5.74, 6) is -1.59.